The number of nitrogens with two attached hydrogens (primary N) is 1. The smallest absolute Gasteiger partial charge is 0.220 e. The van der Waals surface area contributed by atoms with E-state index in [0.717, 1.165) is 17.1 Å². The monoisotopic (exact) mass is 260 g/mol. The van der Waals surface area contributed by atoms with Gasteiger partial charge in [-0.3, -0.25) is 10.1 Å². The van der Waals surface area contributed by atoms with Gasteiger partial charge >= 0.3 is 0 Å². The second-order valence-electron chi connectivity index (χ2n) is 3.32. The molecule has 0 aromatic carbocycles. The second kappa shape index (κ2) is 6.88. The summed E-state index contributed by atoms with van der Waals surface area (Å²) < 4.78 is 0. The van der Waals surface area contributed by atoms with Gasteiger partial charge < -0.3 is 5.73 Å². The standard InChI is InChI=1S/C10H16N2O2S2/c1-2-8-3-4-9(16-8)10(7-12(13)14)15-6-5-11/h3-4,10H,2,5-7,11H2,1H3. The van der Waals surface area contributed by atoms with Gasteiger partial charge in [-0.05, 0) is 18.6 Å². The van der Waals surface area contributed by atoms with Gasteiger partial charge in [0, 0.05) is 27.0 Å². The zero-order valence-corrected chi connectivity index (χ0v) is 10.9. The van der Waals surface area contributed by atoms with E-state index in [4.69, 9.17) is 5.73 Å². The number of nitro groups is 1. The lowest BCUT2D eigenvalue weighted by atomic mass is 10.3. The van der Waals surface area contributed by atoms with Crippen LogP contribution >= 0.6 is 23.1 Å². The molecule has 1 aromatic heterocycles. The average Bonchev–Trinajstić information content (AvgIpc) is 2.72. The number of thioether (sulfide) groups is 1. The van der Waals surface area contributed by atoms with Crippen LogP contribution in [0.15, 0.2) is 12.1 Å². The molecule has 0 spiro atoms. The molecule has 1 heterocycles. The fourth-order valence-corrected chi connectivity index (χ4v) is 3.49. The van der Waals surface area contributed by atoms with Crippen molar-refractivity contribution in [2.45, 2.75) is 18.6 Å². The maximum atomic E-state index is 10.6. The van der Waals surface area contributed by atoms with Crippen LogP contribution in [0.1, 0.15) is 21.9 Å². The van der Waals surface area contributed by atoms with Gasteiger partial charge in [0.15, 0.2) is 0 Å². The van der Waals surface area contributed by atoms with Crippen LogP contribution in [0, 0.1) is 10.1 Å². The van der Waals surface area contributed by atoms with Crippen molar-refractivity contribution in [2.24, 2.45) is 5.73 Å². The third-order valence-electron chi connectivity index (χ3n) is 2.10. The predicted octanol–water partition coefficient (Wildman–Crippen LogP) is 2.32. The Kier molecular flexibility index (Phi) is 5.79. The summed E-state index contributed by atoms with van der Waals surface area (Å²) >= 11 is 3.24. The molecule has 90 valence electrons. The van der Waals surface area contributed by atoms with Crippen LogP contribution in [0.3, 0.4) is 0 Å². The summed E-state index contributed by atoms with van der Waals surface area (Å²) in [5.41, 5.74) is 5.43. The number of nitrogens with zero attached hydrogens (tertiary/aromatic N) is 1. The molecule has 6 heteroatoms. The molecule has 2 N–H and O–H groups in total. The number of hydrogen-bond acceptors (Lipinski definition) is 5. The Bertz CT molecular complexity index is 341. The first-order valence-electron chi connectivity index (χ1n) is 5.19. The lowest BCUT2D eigenvalue weighted by Crippen LogP contribution is -2.11. The van der Waals surface area contributed by atoms with E-state index in [1.54, 1.807) is 23.1 Å². The van der Waals surface area contributed by atoms with Gasteiger partial charge in [0.1, 0.15) is 5.25 Å². The van der Waals surface area contributed by atoms with E-state index in [2.05, 4.69) is 13.0 Å². The van der Waals surface area contributed by atoms with E-state index in [0.29, 0.717) is 6.54 Å². The Labute approximate surface area is 103 Å². The maximum absolute atomic E-state index is 10.6. The van der Waals surface area contributed by atoms with Gasteiger partial charge in [-0.25, -0.2) is 0 Å². The van der Waals surface area contributed by atoms with Crippen molar-refractivity contribution < 1.29 is 4.92 Å². The minimum absolute atomic E-state index is 0.0195. The minimum Gasteiger partial charge on any atom is -0.330 e. The van der Waals surface area contributed by atoms with Crippen molar-refractivity contribution in [3.63, 3.8) is 0 Å². The van der Waals surface area contributed by atoms with Gasteiger partial charge in [0.05, 0.1) is 0 Å². The Morgan fingerprint density at radius 2 is 2.38 bits per heavy atom. The number of rotatable bonds is 7. The lowest BCUT2D eigenvalue weighted by molar-refractivity contribution is -0.479. The van der Waals surface area contributed by atoms with Crippen LogP contribution in [0.2, 0.25) is 0 Å². The quantitative estimate of drug-likeness (QED) is 0.603. The highest BCUT2D eigenvalue weighted by molar-refractivity contribution is 7.99. The third-order valence-corrected chi connectivity index (χ3v) is 4.87. The zero-order chi connectivity index (χ0) is 12.0. The largest absolute Gasteiger partial charge is 0.330 e. The predicted molar refractivity (Wildman–Crippen MR) is 69.8 cm³/mol. The van der Waals surface area contributed by atoms with Crippen molar-refractivity contribution in [3.8, 4) is 0 Å². The summed E-state index contributed by atoms with van der Waals surface area (Å²) in [5, 5.41) is 10.5. The summed E-state index contributed by atoms with van der Waals surface area (Å²) in [7, 11) is 0. The molecule has 1 aromatic rings. The molecule has 0 aliphatic carbocycles. The van der Waals surface area contributed by atoms with Crippen molar-refractivity contribution in [3.05, 3.63) is 32.0 Å². The molecule has 1 rings (SSSR count). The molecule has 1 unspecified atom stereocenters. The van der Waals surface area contributed by atoms with E-state index in [9.17, 15) is 10.1 Å². The first-order chi connectivity index (χ1) is 7.67. The van der Waals surface area contributed by atoms with E-state index in [1.165, 1.54) is 4.88 Å². The lowest BCUT2D eigenvalue weighted by Gasteiger charge is -2.09. The first-order valence-corrected chi connectivity index (χ1v) is 7.06. The highest BCUT2D eigenvalue weighted by Crippen LogP contribution is 2.33. The highest BCUT2D eigenvalue weighted by atomic mass is 32.2. The molecule has 1 atom stereocenters. The molecule has 0 bridgehead atoms. The highest BCUT2D eigenvalue weighted by Gasteiger charge is 2.19. The zero-order valence-electron chi connectivity index (χ0n) is 9.22. The Balaban J connectivity index is 2.69. The molecule has 0 fully saturated rings. The van der Waals surface area contributed by atoms with E-state index in [1.807, 2.05) is 6.07 Å². The number of aryl methyl sites for hydroxylation is 1. The molecule has 4 nitrogen and oxygen atoms in total. The van der Waals surface area contributed by atoms with Crippen LogP contribution in [0.5, 0.6) is 0 Å². The molecule has 0 saturated carbocycles. The average molecular weight is 260 g/mol. The van der Waals surface area contributed by atoms with E-state index >= 15 is 0 Å². The van der Waals surface area contributed by atoms with E-state index in [-0.39, 0.29) is 16.7 Å². The van der Waals surface area contributed by atoms with Crippen molar-refractivity contribution in [2.75, 3.05) is 18.8 Å². The summed E-state index contributed by atoms with van der Waals surface area (Å²) in [6.45, 7) is 2.63. The molecular weight excluding hydrogens is 244 g/mol. The Hall–Kier alpha value is -0.590. The number of thiophene rings is 1. The fourth-order valence-electron chi connectivity index (χ4n) is 1.33. The third kappa shape index (κ3) is 4.11. The summed E-state index contributed by atoms with van der Waals surface area (Å²) in [6.07, 6.45) is 0.984. The normalized spacial score (nSPS) is 12.6. The van der Waals surface area contributed by atoms with Crippen LogP contribution < -0.4 is 5.73 Å². The van der Waals surface area contributed by atoms with Crippen molar-refractivity contribution in [1.82, 2.24) is 0 Å². The topological polar surface area (TPSA) is 69.2 Å². The molecule has 0 aliphatic heterocycles. The summed E-state index contributed by atoms with van der Waals surface area (Å²) in [5.74, 6) is 0.762. The molecule has 0 amide bonds. The number of hydrogen-bond donors (Lipinski definition) is 1. The molecular formula is C10H16N2O2S2. The van der Waals surface area contributed by atoms with Crippen LogP contribution in [0.4, 0.5) is 0 Å². The molecule has 0 aliphatic rings. The Morgan fingerprint density at radius 3 is 2.88 bits per heavy atom. The minimum atomic E-state index is -0.250. The van der Waals surface area contributed by atoms with Gasteiger partial charge in [-0.15, -0.1) is 23.1 Å². The fraction of sp³-hybridized carbons (Fsp3) is 0.600. The van der Waals surface area contributed by atoms with Crippen molar-refractivity contribution >= 4 is 23.1 Å². The van der Waals surface area contributed by atoms with Gasteiger partial charge in [0.25, 0.3) is 0 Å². The van der Waals surface area contributed by atoms with E-state index < -0.39 is 0 Å². The van der Waals surface area contributed by atoms with Gasteiger partial charge in [0.2, 0.25) is 6.54 Å². The molecule has 0 radical (unpaired) electrons. The SMILES string of the molecule is CCc1ccc(C(C[N+](=O)[O-])SCCN)s1. The first kappa shape index (κ1) is 13.5. The van der Waals surface area contributed by atoms with Crippen LogP contribution in [-0.2, 0) is 6.42 Å². The van der Waals surface area contributed by atoms with Gasteiger partial charge in [-0.2, -0.15) is 0 Å². The summed E-state index contributed by atoms with van der Waals surface area (Å²) in [6, 6.07) is 4.05. The molecule has 16 heavy (non-hydrogen) atoms. The molecule has 0 saturated heterocycles. The van der Waals surface area contributed by atoms with Gasteiger partial charge in [-0.1, -0.05) is 6.92 Å². The second-order valence-corrected chi connectivity index (χ2v) is 5.83. The van der Waals surface area contributed by atoms with Crippen molar-refractivity contribution in [1.29, 1.82) is 0 Å². The summed E-state index contributed by atoms with van der Waals surface area (Å²) in [4.78, 5) is 12.7. The Morgan fingerprint density at radius 1 is 1.62 bits per heavy atom. The van der Waals surface area contributed by atoms with Crippen LogP contribution in [-0.4, -0.2) is 23.8 Å². The van der Waals surface area contributed by atoms with Crippen LogP contribution in [0.25, 0.3) is 0 Å². The maximum Gasteiger partial charge on any atom is 0.220 e.